The molecule has 164 valence electrons. The lowest BCUT2D eigenvalue weighted by Crippen LogP contribution is -2.16. The molecule has 0 saturated carbocycles. The van der Waals surface area contributed by atoms with Gasteiger partial charge in [-0.25, -0.2) is 4.98 Å². The predicted molar refractivity (Wildman–Crippen MR) is 126 cm³/mol. The van der Waals surface area contributed by atoms with Crippen molar-refractivity contribution in [3.8, 4) is 5.75 Å². The van der Waals surface area contributed by atoms with Crippen LogP contribution in [0.2, 0.25) is 5.02 Å². The molecule has 0 radical (unpaired) electrons. The van der Waals surface area contributed by atoms with Gasteiger partial charge in [0.1, 0.15) is 17.4 Å². The Kier molecular flexibility index (Phi) is 6.82. The van der Waals surface area contributed by atoms with Gasteiger partial charge in [0.05, 0.1) is 16.3 Å². The lowest BCUT2D eigenvalue weighted by Gasteiger charge is -2.10. The summed E-state index contributed by atoms with van der Waals surface area (Å²) in [5, 5.41) is 8.44. The Labute approximate surface area is 193 Å². The Morgan fingerprint density at radius 3 is 2.84 bits per heavy atom. The Balaban J connectivity index is 1.45. The standard InChI is InChI=1S/C23H21ClN4O3S/c1-2-3-11-20-27-28-21(29)13-16(26-23(28)32-20)14-31-17-8-6-7-15(12-17)25-22(30)18-9-4-5-10-19(18)24/h4-10,12-13H,2-3,11,14H2,1H3,(H,25,30). The first kappa shape index (κ1) is 22.0. The number of ether oxygens (including phenoxy) is 1. The quantitative estimate of drug-likeness (QED) is 0.394. The van der Waals surface area contributed by atoms with Crippen LogP contribution in [-0.2, 0) is 13.0 Å². The first-order chi connectivity index (χ1) is 15.5. The molecule has 4 rings (SSSR count). The third-order valence-electron chi connectivity index (χ3n) is 4.68. The highest BCUT2D eigenvalue weighted by atomic mass is 35.5. The first-order valence-corrected chi connectivity index (χ1v) is 11.4. The van der Waals surface area contributed by atoms with Crippen molar-refractivity contribution in [2.24, 2.45) is 0 Å². The van der Waals surface area contributed by atoms with Gasteiger partial charge in [-0.2, -0.15) is 9.61 Å². The smallest absolute Gasteiger partial charge is 0.275 e. The largest absolute Gasteiger partial charge is 0.487 e. The molecule has 2 aromatic heterocycles. The van der Waals surface area contributed by atoms with Crippen LogP contribution in [0, 0.1) is 0 Å². The summed E-state index contributed by atoms with van der Waals surface area (Å²) in [6.45, 7) is 2.24. The number of hydrogen-bond donors (Lipinski definition) is 1. The number of anilines is 1. The molecule has 7 nitrogen and oxygen atoms in total. The van der Waals surface area contributed by atoms with Crippen LogP contribution in [0.4, 0.5) is 5.69 Å². The molecule has 32 heavy (non-hydrogen) atoms. The van der Waals surface area contributed by atoms with E-state index in [1.165, 1.54) is 21.9 Å². The van der Waals surface area contributed by atoms with Crippen LogP contribution in [0.5, 0.6) is 5.75 Å². The molecule has 0 aliphatic carbocycles. The van der Waals surface area contributed by atoms with E-state index < -0.39 is 0 Å². The lowest BCUT2D eigenvalue weighted by molar-refractivity contribution is 0.102. The molecule has 0 aliphatic heterocycles. The Hall–Kier alpha value is -3.23. The number of aryl methyl sites for hydroxylation is 1. The summed E-state index contributed by atoms with van der Waals surface area (Å²) >= 11 is 7.51. The lowest BCUT2D eigenvalue weighted by atomic mass is 10.2. The minimum absolute atomic E-state index is 0.121. The zero-order valence-corrected chi connectivity index (χ0v) is 18.9. The van der Waals surface area contributed by atoms with E-state index in [1.54, 1.807) is 48.5 Å². The average molecular weight is 469 g/mol. The van der Waals surface area contributed by atoms with Crippen LogP contribution < -0.4 is 15.6 Å². The van der Waals surface area contributed by atoms with Crippen LogP contribution >= 0.6 is 22.9 Å². The molecule has 9 heteroatoms. The zero-order valence-electron chi connectivity index (χ0n) is 17.4. The molecular formula is C23H21ClN4O3S. The van der Waals surface area contributed by atoms with Gasteiger partial charge in [-0.05, 0) is 30.7 Å². The fourth-order valence-corrected chi connectivity index (χ4v) is 4.24. The Morgan fingerprint density at radius 1 is 1.19 bits per heavy atom. The van der Waals surface area contributed by atoms with Crippen molar-refractivity contribution in [2.75, 3.05) is 5.32 Å². The number of carbonyl (C=O) groups excluding carboxylic acids is 1. The minimum Gasteiger partial charge on any atom is -0.487 e. The van der Waals surface area contributed by atoms with Crippen molar-refractivity contribution >= 4 is 39.5 Å². The zero-order chi connectivity index (χ0) is 22.5. The van der Waals surface area contributed by atoms with E-state index >= 15 is 0 Å². The van der Waals surface area contributed by atoms with Gasteiger partial charge in [-0.15, -0.1) is 0 Å². The van der Waals surface area contributed by atoms with E-state index in [9.17, 15) is 9.59 Å². The van der Waals surface area contributed by atoms with E-state index in [0.29, 0.717) is 32.7 Å². The van der Waals surface area contributed by atoms with Crippen molar-refractivity contribution in [3.63, 3.8) is 0 Å². The van der Waals surface area contributed by atoms with E-state index in [2.05, 4.69) is 22.3 Å². The van der Waals surface area contributed by atoms with Gasteiger partial charge in [-0.3, -0.25) is 9.59 Å². The molecule has 0 spiro atoms. The number of benzene rings is 2. The fourth-order valence-electron chi connectivity index (χ4n) is 3.06. The third-order valence-corrected chi connectivity index (χ3v) is 5.98. The normalized spacial score (nSPS) is 10.9. The van der Waals surface area contributed by atoms with Crippen LogP contribution in [0.25, 0.3) is 4.96 Å². The number of carbonyl (C=O) groups is 1. The van der Waals surface area contributed by atoms with Gasteiger partial charge in [0.15, 0.2) is 0 Å². The molecule has 2 heterocycles. The highest BCUT2D eigenvalue weighted by Crippen LogP contribution is 2.21. The fraction of sp³-hybridized carbons (Fsp3) is 0.217. The van der Waals surface area contributed by atoms with Crippen molar-refractivity contribution in [1.29, 1.82) is 0 Å². The molecule has 1 N–H and O–H groups in total. The van der Waals surface area contributed by atoms with Crippen molar-refractivity contribution in [1.82, 2.24) is 14.6 Å². The van der Waals surface area contributed by atoms with Crippen molar-refractivity contribution < 1.29 is 9.53 Å². The van der Waals surface area contributed by atoms with Crippen molar-refractivity contribution in [2.45, 2.75) is 32.8 Å². The Morgan fingerprint density at radius 2 is 2.03 bits per heavy atom. The monoisotopic (exact) mass is 468 g/mol. The summed E-state index contributed by atoms with van der Waals surface area (Å²) in [5.74, 6) is 0.230. The van der Waals surface area contributed by atoms with E-state index in [4.69, 9.17) is 16.3 Å². The van der Waals surface area contributed by atoms with Gasteiger partial charge in [0.25, 0.3) is 11.5 Å². The number of hydrogen-bond acceptors (Lipinski definition) is 6. The van der Waals surface area contributed by atoms with Gasteiger partial charge in [0.2, 0.25) is 4.96 Å². The summed E-state index contributed by atoms with van der Waals surface area (Å²) in [7, 11) is 0. The maximum absolute atomic E-state index is 12.5. The number of halogens is 1. The topological polar surface area (TPSA) is 85.6 Å². The van der Waals surface area contributed by atoms with Gasteiger partial charge in [0, 0.05) is 24.2 Å². The SMILES string of the molecule is CCCCc1nn2c(=O)cc(COc3cccc(NC(=O)c4ccccc4Cl)c3)nc2s1. The van der Waals surface area contributed by atoms with Crippen LogP contribution in [0.1, 0.15) is 40.8 Å². The van der Waals surface area contributed by atoms with Crippen LogP contribution in [0.15, 0.2) is 59.4 Å². The summed E-state index contributed by atoms with van der Waals surface area (Å²) in [6.07, 6.45) is 2.92. The molecule has 2 aromatic carbocycles. The van der Waals surface area contributed by atoms with Crippen LogP contribution in [-0.4, -0.2) is 20.5 Å². The second-order valence-electron chi connectivity index (χ2n) is 7.13. The van der Waals surface area contributed by atoms with Crippen LogP contribution in [0.3, 0.4) is 0 Å². The van der Waals surface area contributed by atoms with Gasteiger partial charge >= 0.3 is 0 Å². The molecule has 0 atom stereocenters. The number of nitrogens with one attached hydrogen (secondary N) is 1. The maximum Gasteiger partial charge on any atom is 0.275 e. The van der Waals surface area contributed by atoms with Crippen molar-refractivity contribution in [3.05, 3.63) is 86.2 Å². The second-order valence-corrected chi connectivity index (χ2v) is 8.58. The number of amides is 1. The van der Waals surface area contributed by atoms with Gasteiger partial charge in [-0.1, -0.05) is 54.5 Å². The number of aromatic nitrogens is 3. The summed E-state index contributed by atoms with van der Waals surface area (Å²) in [5.41, 5.74) is 1.25. The van der Waals surface area contributed by atoms with E-state index in [1.807, 2.05) is 0 Å². The number of unbranched alkanes of at least 4 members (excludes halogenated alkanes) is 1. The highest BCUT2D eigenvalue weighted by molar-refractivity contribution is 7.16. The number of rotatable bonds is 8. The van der Waals surface area contributed by atoms with E-state index in [-0.39, 0.29) is 18.1 Å². The summed E-state index contributed by atoms with van der Waals surface area (Å²) in [6, 6.07) is 15.3. The first-order valence-electron chi connectivity index (χ1n) is 10.2. The predicted octanol–water partition coefficient (Wildman–Crippen LogP) is 4.98. The highest BCUT2D eigenvalue weighted by Gasteiger charge is 2.11. The minimum atomic E-state index is -0.308. The molecule has 0 saturated heterocycles. The number of nitrogens with zero attached hydrogens (tertiary/aromatic N) is 3. The summed E-state index contributed by atoms with van der Waals surface area (Å²) in [4.78, 5) is 29.9. The molecule has 1 amide bonds. The molecule has 0 bridgehead atoms. The average Bonchev–Trinajstić information content (AvgIpc) is 3.20. The molecular weight excluding hydrogens is 448 g/mol. The second kappa shape index (κ2) is 9.93. The number of fused-ring (bicyclic) bond motifs is 1. The van der Waals surface area contributed by atoms with E-state index in [0.717, 1.165) is 24.3 Å². The maximum atomic E-state index is 12.5. The molecule has 0 fully saturated rings. The molecule has 0 aliphatic rings. The van der Waals surface area contributed by atoms with Gasteiger partial charge < -0.3 is 10.1 Å². The third kappa shape index (κ3) is 5.15. The summed E-state index contributed by atoms with van der Waals surface area (Å²) < 4.78 is 7.15. The molecule has 4 aromatic rings. The Bertz CT molecular complexity index is 1320. The molecule has 0 unspecified atom stereocenters.